The van der Waals surface area contributed by atoms with Gasteiger partial charge in [0, 0.05) is 36.5 Å². The van der Waals surface area contributed by atoms with Crippen LogP contribution in [0, 0.1) is 0 Å². The van der Waals surface area contributed by atoms with Gasteiger partial charge in [0.2, 0.25) is 5.90 Å². The van der Waals surface area contributed by atoms with Gasteiger partial charge in [0.1, 0.15) is 5.75 Å². The number of aliphatic imine (C=N–C) groups is 1. The second-order valence-electron chi connectivity index (χ2n) is 11.4. The van der Waals surface area contributed by atoms with Crippen LogP contribution in [0.1, 0.15) is 46.8 Å². The maximum atomic E-state index is 14.5. The Bertz CT molecular complexity index is 1840. The number of carbonyl (C=O) groups excluding carboxylic acids is 1. The van der Waals surface area contributed by atoms with E-state index in [0.717, 1.165) is 11.1 Å². The first-order chi connectivity index (χ1) is 24.5. The summed E-state index contributed by atoms with van der Waals surface area (Å²) in [7, 11) is 3.14. The van der Waals surface area contributed by atoms with Gasteiger partial charge >= 0.3 is 0 Å². The summed E-state index contributed by atoms with van der Waals surface area (Å²) in [6.07, 6.45) is 3.67. The highest BCUT2D eigenvalue weighted by Gasteiger charge is 2.53. The van der Waals surface area contributed by atoms with Crippen molar-refractivity contribution in [1.82, 2.24) is 10.9 Å². The number of ether oxygens (including phenoxy) is 4. The normalized spacial score (nSPS) is 16.6. The highest BCUT2D eigenvalue weighted by atomic mass is 16.5. The van der Waals surface area contributed by atoms with Crippen LogP contribution >= 0.6 is 0 Å². The second-order valence-corrected chi connectivity index (χ2v) is 11.4. The van der Waals surface area contributed by atoms with E-state index in [1.807, 2.05) is 91.0 Å². The molecule has 0 bridgehead atoms. The van der Waals surface area contributed by atoms with Gasteiger partial charge in [-0.25, -0.2) is 10.4 Å². The van der Waals surface area contributed by atoms with Gasteiger partial charge in [-0.05, 0) is 64.2 Å². The Hall–Kier alpha value is -5.81. The maximum absolute atomic E-state index is 14.5. The largest absolute Gasteiger partial charge is 0.494 e. The first-order valence-corrected chi connectivity index (χ1v) is 16.2. The SMILES string of the molecule is COc1ccc(CNNC(=O)[C@@]2(C/C=C/c3ccccc3)N=C(c3ccc(OCCCO)cc3)O[C@H]2c2ccccc2CN=[N+]=[N-])cc1OC. The maximum Gasteiger partial charge on any atom is 0.266 e. The van der Waals surface area contributed by atoms with Gasteiger partial charge < -0.3 is 24.1 Å². The lowest BCUT2D eigenvalue weighted by Crippen LogP contribution is -2.52. The number of nitrogens with one attached hydrogen (secondary N) is 2. The van der Waals surface area contributed by atoms with Crippen molar-refractivity contribution in [2.45, 2.75) is 37.6 Å². The van der Waals surface area contributed by atoms with E-state index in [2.05, 4.69) is 20.9 Å². The fraction of sp³-hybridized carbons (Fsp3) is 0.263. The number of carbonyl (C=O) groups is 1. The molecule has 1 heterocycles. The van der Waals surface area contributed by atoms with Crippen LogP contribution < -0.4 is 25.1 Å². The molecule has 1 aliphatic rings. The lowest BCUT2D eigenvalue weighted by Gasteiger charge is -2.31. The molecule has 0 aromatic heterocycles. The van der Waals surface area contributed by atoms with Gasteiger partial charge in [0.25, 0.3) is 5.91 Å². The fourth-order valence-electron chi connectivity index (χ4n) is 5.60. The van der Waals surface area contributed by atoms with Crippen LogP contribution in [-0.2, 0) is 22.6 Å². The third-order valence-corrected chi connectivity index (χ3v) is 8.15. The molecule has 0 saturated carbocycles. The average Bonchev–Trinajstić information content (AvgIpc) is 3.55. The molecule has 0 unspecified atom stereocenters. The van der Waals surface area contributed by atoms with Crippen molar-refractivity contribution in [3.05, 3.63) is 141 Å². The van der Waals surface area contributed by atoms with Crippen LogP contribution in [0.5, 0.6) is 17.2 Å². The zero-order valence-electron chi connectivity index (χ0n) is 28.0. The predicted molar refractivity (Wildman–Crippen MR) is 191 cm³/mol. The molecule has 12 nitrogen and oxygen atoms in total. The molecule has 258 valence electrons. The number of amides is 1. The lowest BCUT2D eigenvalue weighted by atomic mass is 9.82. The van der Waals surface area contributed by atoms with E-state index in [0.29, 0.717) is 47.0 Å². The van der Waals surface area contributed by atoms with Crippen LogP contribution in [-0.4, -0.2) is 49.9 Å². The minimum atomic E-state index is -1.48. The van der Waals surface area contributed by atoms with Crippen LogP contribution in [0.15, 0.2) is 113 Å². The fourth-order valence-corrected chi connectivity index (χ4v) is 5.60. The Morgan fingerprint density at radius 3 is 2.52 bits per heavy atom. The molecule has 0 saturated heterocycles. The molecule has 1 amide bonds. The van der Waals surface area contributed by atoms with E-state index in [4.69, 9.17) is 34.6 Å². The minimum absolute atomic E-state index is 0.0390. The van der Waals surface area contributed by atoms with E-state index < -0.39 is 17.6 Å². The van der Waals surface area contributed by atoms with Gasteiger partial charge in [-0.1, -0.05) is 77.9 Å². The summed E-state index contributed by atoms with van der Waals surface area (Å²) in [5.74, 6) is 1.66. The Labute approximate surface area is 291 Å². The molecule has 12 heteroatoms. The first kappa shape index (κ1) is 35.5. The molecule has 1 aliphatic heterocycles. The number of methoxy groups -OCH3 is 2. The molecule has 4 aromatic rings. The van der Waals surface area contributed by atoms with Crippen LogP contribution in [0.4, 0.5) is 0 Å². The summed E-state index contributed by atoms with van der Waals surface area (Å²) in [5, 5.41) is 12.9. The quantitative estimate of drug-likeness (QED) is 0.0381. The minimum Gasteiger partial charge on any atom is -0.494 e. The Morgan fingerprint density at radius 1 is 1.02 bits per heavy atom. The summed E-state index contributed by atoms with van der Waals surface area (Å²) in [6.45, 7) is 0.772. The smallest absolute Gasteiger partial charge is 0.266 e. The second kappa shape index (κ2) is 17.5. The average molecular weight is 677 g/mol. The lowest BCUT2D eigenvalue weighted by molar-refractivity contribution is -0.129. The van der Waals surface area contributed by atoms with Gasteiger partial charge in [0.05, 0.1) is 27.4 Å². The van der Waals surface area contributed by atoms with Crippen LogP contribution in [0.25, 0.3) is 16.5 Å². The summed E-state index contributed by atoms with van der Waals surface area (Å²) in [6, 6.07) is 29.9. The van der Waals surface area contributed by atoms with Crippen molar-refractivity contribution in [1.29, 1.82) is 0 Å². The molecule has 3 N–H and O–H groups in total. The molecule has 0 radical (unpaired) electrons. The number of hydrogen-bond acceptors (Lipinski definition) is 9. The zero-order valence-corrected chi connectivity index (χ0v) is 28.0. The predicted octanol–water partition coefficient (Wildman–Crippen LogP) is 6.46. The molecule has 0 aliphatic carbocycles. The number of aliphatic hydroxyl groups is 1. The van der Waals surface area contributed by atoms with Crippen molar-refractivity contribution in [2.24, 2.45) is 10.1 Å². The van der Waals surface area contributed by atoms with Gasteiger partial charge in [0.15, 0.2) is 23.1 Å². The first-order valence-electron chi connectivity index (χ1n) is 16.2. The van der Waals surface area contributed by atoms with E-state index in [-0.39, 0.29) is 32.0 Å². The molecular weight excluding hydrogens is 636 g/mol. The molecule has 0 fully saturated rings. The van der Waals surface area contributed by atoms with Crippen molar-refractivity contribution >= 4 is 17.9 Å². The van der Waals surface area contributed by atoms with Gasteiger partial charge in [-0.2, -0.15) is 0 Å². The summed E-state index contributed by atoms with van der Waals surface area (Å²) >= 11 is 0. The number of hydrazine groups is 1. The van der Waals surface area contributed by atoms with Crippen molar-refractivity contribution in [2.75, 3.05) is 27.4 Å². The molecule has 4 aromatic carbocycles. The standard InChI is InChI=1S/C38H40N6O6/c1-47-33-20-15-28(24-34(33)48-2)25-40-43-37(46)38(21-8-12-27-10-4-3-5-11-27)35(32-14-7-6-13-30(32)26-41-44-39)50-36(42-38)29-16-18-31(19-17-29)49-23-9-22-45/h3-8,10-20,24,35,40,45H,9,21-23,25-26H2,1-2H3,(H,43,46)/b12-8+/t35-,38-/m0/s1. The van der Waals surface area contributed by atoms with E-state index >= 15 is 0 Å². The van der Waals surface area contributed by atoms with E-state index in [1.165, 1.54) is 0 Å². The number of azide groups is 1. The Balaban J connectivity index is 1.53. The van der Waals surface area contributed by atoms with Crippen molar-refractivity contribution < 1.29 is 28.8 Å². The third kappa shape index (κ3) is 8.61. The Morgan fingerprint density at radius 2 is 1.78 bits per heavy atom. The van der Waals surface area contributed by atoms with Gasteiger partial charge in [-0.15, -0.1) is 0 Å². The monoisotopic (exact) mass is 676 g/mol. The van der Waals surface area contributed by atoms with E-state index in [1.54, 1.807) is 32.4 Å². The zero-order chi connectivity index (χ0) is 35.2. The summed E-state index contributed by atoms with van der Waals surface area (Å²) in [5.41, 5.74) is 17.5. The Kier molecular flexibility index (Phi) is 12.5. The molecule has 0 spiro atoms. The highest BCUT2D eigenvalue weighted by Crippen LogP contribution is 2.44. The summed E-state index contributed by atoms with van der Waals surface area (Å²) < 4.78 is 23.1. The van der Waals surface area contributed by atoms with Crippen LogP contribution in [0.3, 0.4) is 0 Å². The number of benzene rings is 4. The highest BCUT2D eigenvalue weighted by molar-refractivity contribution is 6.01. The van der Waals surface area contributed by atoms with Gasteiger partial charge in [-0.3, -0.25) is 10.2 Å². The van der Waals surface area contributed by atoms with Crippen LogP contribution in [0.2, 0.25) is 0 Å². The molecular formula is C38H40N6O6. The number of rotatable bonds is 17. The molecule has 5 rings (SSSR count). The summed E-state index contributed by atoms with van der Waals surface area (Å²) in [4.78, 5) is 22.6. The molecule has 2 atom stereocenters. The number of aliphatic hydroxyl groups excluding tert-OH is 1. The number of nitrogens with zero attached hydrogens (tertiary/aromatic N) is 4. The molecule has 50 heavy (non-hydrogen) atoms. The van der Waals surface area contributed by atoms with Crippen molar-refractivity contribution in [3.63, 3.8) is 0 Å². The topological polar surface area (TPSA) is 159 Å². The third-order valence-electron chi connectivity index (χ3n) is 8.15. The van der Waals surface area contributed by atoms with E-state index in [9.17, 15) is 4.79 Å². The van der Waals surface area contributed by atoms with Crippen molar-refractivity contribution in [3.8, 4) is 17.2 Å². The number of hydrogen-bond donors (Lipinski definition) is 3.